The molecule has 1 heterocycles. The molecule has 4 nitrogen and oxygen atoms in total. The van der Waals surface area contributed by atoms with Gasteiger partial charge in [0.1, 0.15) is 5.41 Å². The molecular formula is C13H20N2O2S. The summed E-state index contributed by atoms with van der Waals surface area (Å²) in [6.45, 7) is 4.29. The third-order valence-electron chi connectivity index (χ3n) is 3.44. The maximum absolute atomic E-state index is 11.1. The van der Waals surface area contributed by atoms with Crippen LogP contribution in [-0.2, 0) is 10.2 Å². The number of nitrogens with one attached hydrogen (secondary N) is 1. The topological polar surface area (TPSA) is 62.2 Å². The minimum absolute atomic E-state index is 0.629. The number of rotatable bonds is 7. The van der Waals surface area contributed by atoms with Gasteiger partial charge in [0.15, 0.2) is 5.13 Å². The zero-order chi connectivity index (χ0) is 13.2. The van der Waals surface area contributed by atoms with Crippen molar-refractivity contribution in [2.45, 2.75) is 44.9 Å². The number of aliphatic carboxylic acids is 1. The molecule has 2 rings (SSSR count). The van der Waals surface area contributed by atoms with Gasteiger partial charge in [-0.15, -0.1) is 11.3 Å². The summed E-state index contributed by atoms with van der Waals surface area (Å²) >= 11 is 1.48. The molecule has 1 aromatic rings. The Balaban J connectivity index is 1.83. The SMILES string of the molecule is CC(C)(C(=O)O)c1csc(NCCCC2CC2)n1. The number of carboxylic acids is 1. The summed E-state index contributed by atoms with van der Waals surface area (Å²) < 4.78 is 0. The molecule has 100 valence electrons. The molecule has 0 saturated heterocycles. The second-order valence-corrected chi connectivity index (χ2v) is 6.34. The minimum atomic E-state index is -0.912. The van der Waals surface area contributed by atoms with Gasteiger partial charge in [-0.25, -0.2) is 4.98 Å². The van der Waals surface area contributed by atoms with Crippen molar-refractivity contribution in [1.82, 2.24) is 4.98 Å². The fourth-order valence-electron chi connectivity index (χ4n) is 1.74. The lowest BCUT2D eigenvalue weighted by atomic mass is 9.90. The van der Waals surface area contributed by atoms with E-state index in [1.54, 1.807) is 13.8 Å². The molecule has 0 bridgehead atoms. The van der Waals surface area contributed by atoms with Crippen LogP contribution in [-0.4, -0.2) is 22.6 Å². The van der Waals surface area contributed by atoms with Crippen LogP contribution < -0.4 is 5.32 Å². The number of nitrogens with zero attached hydrogens (tertiary/aromatic N) is 1. The van der Waals surface area contributed by atoms with Crippen LogP contribution in [0, 0.1) is 5.92 Å². The quantitative estimate of drug-likeness (QED) is 0.746. The maximum atomic E-state index is 11.1. The highest BCUT2D eigenvalue weighted by Gasteiger charge is 2.32. The van der Waals surface area contributed by atoms with Crippen molar-refractivity contribution in [3.63, 3.8) is 0 Å². The molecule has 0 amide bonds. The third-order valence-corrected chi connectivity index (χ3v) is 4.24. The van der Waals surface area contributed by atoms with Gasteiger partial charge in [-0.3, -0.25) is 4.79 Å². The van der Waals surface area contributed by atoms with E-state index in [0.29, 0.717) is 5.69 Å². The van der Waals surface area contributed by atoms with E-state index in [-0.39, 0.29) is 0 Å². The first-order chi connectivity index (χ1) is 8.50. The molecule has 1 saturated carbocycles. The zero-order valence-corrected chi connectivity index (χ0v) is 11.7. The first kappa shape index (κ1) is 13.3. The highest BCUT2D eigenvalue weighted by molar-refractivity contribution is 7.13. The Morgan fingerprint density at radius 1 is 1.61 bits per heavy atom. The van der Waals surface area contributed by atoms with E-state index in [2.05, 4.69) is 10.3 Å². The average Bonchev–Trinajstić information content (AvgIpc) is 3.01. The van der Waals surface area contributed by atoms with E-state index in [4.69, 9.17) is 5.11 Å². The van der Waals surface area contributed by atoms with Crippen LogP contribution in [0.5, 0.6) is 0 Å². The summed E-state index contributed by atoms with van der Waals surface area (Å²) in [6.07, 6.45) is 5.26. The van der Waals surface area contributed by atoms with Gasteiger partial charge in [0.25, 0.3) is 0 Å². The lowest BCUT2D eigenvalue weighted by molar-refractivity contribution is -0.142. The summed E-state index contributed by atoms with van der Waals surface area (Å²) in [5.41, 5.74) is -0.283. The molecule has 5 heteroatoms. The predicted molar refractivity (Wildman–Crippen MR) is 73.2 cm³/mol. The molecule has 2 N–H and O–H groups in total. The molecule has 0 spiro atoms. The molecular weight excluding hydrogens is 248 g/mol. The van der Waals surface area contributed by atoms with E-state index in [0.717, 1.165) is 17.6 Å². The molecule has 0 radical (unpaired) electrons. The van der Waals surface area contributed by atoms with Gasteiger partial charge >= 0.3 is 5.97 Å². The highest BCUT2D eigenvalue weighted by atomic mass is 32.1. The van der Waals surface area contributed by atoms with E-state index in [9.17, 15) is 4.79 Å². The lowest BCUT2D eigenvalue weighted by Gasteiger charge is -2.15. The summed E-state index contributed by atoms with van der Waals surface area (Å²) in [7, 11) is 0. The van der Waals surface area contributed by atoms with E-state index >= 15 is 0 Å². The Labute approximate surface area is 111 Å². The number of thiazole rings is 1. The average molecular weight is 268 g/mol. The molecule has 0 atom stereocenters. The van der Waals surface area contributed by atoms with Crippen molar-refractivity contribution >= 4 is 22.4 Å². The fraction of sp³-hybridized carbons (Fsp3) is 0.692. The number of hydrogen-bond acceptors (Lipinski definition) is 4. The Morgan fingerprint density at radius 2 is 2.33 bits per heavy atom. The number of carbonyl (C=O) groups is 1. The standard InChI is InChI=1S/C13H20N2O2S/c1-13(2,11(16)17)10-8-18-12(15-10)14-7-3-4-9-5-6-9/h8-9H,3-7H2,1-2H3,(H,14,15)(H,16,17). The highest BCUT2D eigenvalue weighted by Crippen LogP contribution is 2.33. The number of carboxylic acid groups (broad SMARTS) is 1. The Hall–Kier alpha value is -1.10. The molecule has 0 unspecified atom stereocenters. The van der Waals surface area contributed by atoms with E-state index in [1.807, 2.05) is 5.38 Å². The van der Waals surface area contributed by atoms with Gasteiger partial charge in [0, 0.05) is 11.9 Å². The van der Waals surface area contributed by atoms with E-state index < -0.39 is 11.4 Å². The first-order valence-corrected chi connectivity index (χ1v) is 7.31. The first-order valence-electron chi connectivity index (χ1n) is 6.43. The van der Waals surface area contributed by atoms with Crippen LogP contribution in [0.25, 0.3) is 0 Å². The summed E-state index contributed by atoms with van der Waals surface area (Å²) in [4.78, 5) is 15.5. The number of hydrogen-bond donors (Lipinski definition) is 2. The summed E-state index contributed by atoms with van der Waals surface area (Å²) in [5, 5.41) is 15.1. The summed E-state index contributed by atoms with van der Waals surface area (Å²) in [5.74, 6) is 0.123. The Morgan fingerprint density at radius 3 is 2.94 bits per heavy atom. The van der Waals surface area contributed by atoms with Crippen molar-refractivity contribution in [2.24, 2.45) is 5.92 Å². The van der Waals surface area contributed by atoms with Crippen molar-refractivity contribution in [3.8, 4) is 0 Å². The van der Waals surface area contributed by atoms with Crippen molar-refractivity contribution in [1.29, 1.82) is 0 Å². The van der Waals surface area contributed by atoms with Gasteiger partial charge in [0.2, 0.25) is 0 Å². The smallest absolute Gasteiger partial charge is 0.315 e. The van der Waals surface area contributed by atoms with Crippen LogP contribution in [0.15, 0.2) is 5.38 Å². The van der Waals surface area contributed by atoms with Crippen molar-refractivity contribution < 1.29 is 9.90 Å². The zero-order valence-electron chi connectivity index (χ0n) is 10.9. The number of aromatic nitrogens is 1. The predicted octanol–water partition coefficient (Wildman–Crippen LogP) is 3.11. The molecule has 1 aromatic heterocycles. The second kappa shape index (κ2) is 5.26. The molecule has 1 fully saturated rings. The molecule has 1 aliphatic carbocycles. The van der Waals surface area contributed by atoms with Crippen LogP contribution in [0.1, 0.15) is 45.2 Å². The van der Waals surface area contributed by atoms with Crippen molar-refractivity contribution in [3.05, 3.63) is 11.1 Å². The minimum Gasteiger partial charge on any atom is -0.481 e. The van der Waals surface area contributed by atoms with Crippen LogP contribution >= 0.6 is 11.3 Å². The third kappa shape index (κ3) is 3.22. The molecule has 18 heavy (non-hydrogen) atoms. The maximum Gasteiger partial charge on any atom is 0.315 e. The summed E-state index contributed by atoms with van der Waals surface area (Å²) in [6, 6.07) is 0. The Bertz CT molecular complexity index is 424. The van der Waals surface area contributed by atoms with Crippen molar-refractivity contribution in [2.75, 3.05) is 11.9 Å². The van der Waals surface area contributed by atoms with Crippen LogP contribution in [0.2, 0.25) is 0 Å². The molecule has 0 aliphatic heterocycles. The van der Waals surface area contributed by atoms with Gasteiger partial charge in [0.05, 0.1) is 5.69 Å². The normalized spacial score (nSPS) is 15.7. The second-order valence-electron chi connectivity index (χ2n) is 5.48. The largest absolute Gasteiger partial charge is 0.481 e. The van der Waals surface area contributed by atoms with Crippen LogP contribution in [0.3, 0.4) is 0 Å². The molecule has 1 aliphatic rings. The fourth-order valence-corrected chi connectivity index (χ4v) is 2.65. The molecule has 0 aromatic carbocycles. The lowest BCUT2D eigenvalue weighted by Crippen LogP contribution is -2.28. The van der Waals surface area contributed by atoms with Gasteiger partial charge < -0.3 is 10.4 Å². The van der Waals surface area contributed by atoms with Crippen LogP contribution in [0.4, 0.5) is 5.13 Å². The van der Waals surface area contributed by atoms with E-state index in [1.165, 1.54) is 37.0 Å². The van der Waals surface area contributed by atoms with Gasteiger partial charge in [-0.2, -0.15) is 0 Å². The van der Waals surface area contributed by atoms with Gasteiger partial charge in [-0.05, 0) is 32.6 Å². The van der Waals surface area contributed by atoms with Gasteiger partial charge in [-0.1, -0.05) is 12.8 Å². The monoisotopic (exact) mass is 268 g/mol. The Kier molecular flexibility index (Phi) is 3.90. The number of anilines is 1.